The number of carbonyl (C=O) groups is 2. The van der Waals surface area contributed by atoms with Crippen LogP contribution in [0.15, 0.2) is 0 Å². The first kappa shape index (κ1) is 18.5. The molecule has 1 aromatic heterocycles. The standard InChI is InChI=1S/C21H32N4O2/c1-15-16(2)22-25(17(15)3)11-7-19(26)24-12-9-21(14-24)8-4-10-23(20(21)27)13-18-5-6-18/h18H,4-14H2,1-3H3/t21-/m0/s1. The lowest BCUT2D eigenvalue weighted by Gasteiger charge is -2.39. The fourth-order valence-electron chi connectivity index (χ4n) is 4.77. The first-order valence-corrected chi connectivity index (χ1v) is 10.5. The summed E-state index contributed by atoms with van der Waals surface area (Å²) in [6.07, 6.45) is 5.84. The van der Waals surface area contributed by atoms with Gasteiger partial charge in [-0.1, -0.05) is 0 Å². The van der Waals surface area contributed by atoms with Crippen LogP contribution >= 0.6 is 0 Å². The van der Waals surface area contributed by atoms with E-state index < -0.39 is 0 Å². The van der Waals surface area contributed by atoms with Crippen LogP contribution in [0.3, 0.4) is 0 Å². The molecule has 3 heterocycles. The fraction of sp³-hybridized carbons (Fsp3) is 0.762. The van der Waals surface area contributed by atoms with E-state index in [-0.39, 0.29) is 11.3 Å². The van der Waals surface area contributed by atoms with E-state index >= 15 is 0 Å². The van der Waals surface area contributed by atoms with Crippen LogP contribution in [0.2, 0.25) is 0 Å². The Labute approximate surface area is 161 Å². The molecule has 6 nitrogen and oxygen atoms in total. The molecular weight excluding hydrogens is 340 g/mol. The second kappa shape index (κ2) is 6.95. The van der Waals surface area contributed by atoms with E-state index in [4.69, 9.17) is 0 Å². The number of piperidine rings is 1. The molecule has 2 amide bonds. The summed E-state index contributed by atoms with van der Waals surface area (Å²) >= 11 is 0. The van der Waals surface area contributed by atoms with E-state index in [0.29, 0.717) is 25.4 Å². The maximum absolute atomic E-state index is 13.1. The Morgan fingerprint density at radius 3 is 2.63 bits per heavy atom. The number of aryl methyl sites for hydroxylation is 2. The number of rotatable bonds is 5. The first-order chi connectivity index (χ1) is 12.9. The normalized spacial score (nSPS) is 25.7. The highest BCUT2D eigenvalue weighted by atomic mass is 16.2. The molecule has 0 radical (unpaired) electrons. The maximum atomic E-state index is 13.1. The third-order valence-electron chi connectivity index (χ3n) is 6.99. The maximum Gasteiger partial charge on any atom is 0.230 e. The van der Waals surface area contributed by atoms with Gasteiger partial charge in [0.05, 0.1) is 11.1 Å². The highest BCUT2D eigenvalue weighted by molar-refractivity contribution is 5.86. The van der Waals surface area contributed by atoms with Crippen LogP contribution in [0.25, 0.3) is 0 Å². The van der Waals surface area contributed by atoms with Crippen LogP contribution < -0.4 is 0 Å². The molecule has 0 unspecified atom stereocenters. The number of nitrogens with zero attached hydrogens (tertiary/aromatic N) is 4. The summed E-state index contributed by atoms with van der Waals surface area (Å²) in [4.78, 5) is 29.9. The van der Waals surface area contributed by atoms with E-state index in [1.807, 2.05) is 16.5 Å². The van der Waals surface area contributed by atoms with Crippen molar-refractivity contribution in [2.45, 2.75) is 65.8 Å². The predicted octanol–water partition coefficient (Wildman–Crippen LogP) is 2.45. The number of hydrogen-bond donors (Lipinski definition) is 0. The van der Waals surface area contributed by atoms with E-state index in [1.165, 1.54) is 18.4 Å². The summed E-state index contributed by atoms with van der Waals surface area (Å²) in [5.41, 5.74) is 3.06. The van der Waals surface area contributed by atoms with Crippen molar-refractivity contribution in [1.29, 1.82) is 0 Å². The SMILES string of the molecule is Cc1nn(CCC(=O)N2CC[C@@]3(CCCN(CC4CC4)C3=O)C2)c(C)c1C. The lowest BCUT2D eigenvalue weighted by Crippen LogP contribution is -2.51. The van der Waals surface area contributed by atoms with E-state index in [2.05, 4.69) is 23.8 Å². The van der Waals surface area contributed by atoms with Gasteiger partial charge in [0.1, 0.15) is 0 Å². The van der Waals surface area contributed by atoms with Gasteiger partial charge in [-0.25, -0.2) is 0 Å². The van der Waals surface area contributed by atoms with Crippen LogP contribution in [-0.2, 0) is 16.1 Å². The molecule has 0 bridgehead atoms. The molecule has 148 valence electrons. The number of carbonyl (C=O) groups excluding carboxylic acids is 2. The molecule has 1 atom stereocenters. The molecule has 1 spiro atoms. The third kappa shape index (κ3) is 3.50. The second-order valence-electron chi connectivity index (χ2n) is 8.91. The van der Waals surface area contributed by atoms with E-state index in [1.54, 1.807) is 0 Å². The third-order valence-corrected chi connectivity index (χ3v) is 6.99. The van der Waals surface area contributed by atoms with Crippen molar-refractivity contribution in [3.63, 3.8) is 0 Å². The minimum atomic E-state index is -0.308. The lowest BCUT2D eigenvalue weighted by molar-refractivity contribution is -0.146. The van der Waals surface area contributed by atoms with Crippen LogP contribution in [0.4, 0.5) is 0 Å². The molecule has 1 saturated carbocycles. The smallest absolute Gasteiger partial charge is 0.230 e. The van der Waals surface area contributed by atoms with Gasteiger partial charge in [0.15, 0.2) is 0 Å². The molecule has 1 aromatic rings. The zero-order valence-corrected chi connectivity index (χ0v) is 17.0. The molecule has 3 fully saturated rings. The van der Waals surface area contributed by atoms with Crippen molar-refractivity contribution < 1.29 is 9.59 Å². The minimum absolute atomic E-state index is 0.157. The first-order valence-electron chi connectivity index (χ1n) is 10.5. The summed E-state index contributed by atoms with van der Waals surface area (Å²) in [7, 11) is 0. The molecule has 1 aliphatic carbocycles. The van der Waals surface area contributed by atoms with Crippen molar-refractivity contribution in [1.82, 2.24) is 19.6 Å². The van der Waals surface area contributed by atoms with Gasteiger partial charge in [-0.15, -0.1) is 0 Å². The van der Waals surface area contributed by atoms with Gasteiger partial charge >= 0.3 is 0 Å². The minimum Gasteiger partial charge on any atom is -0.342 e. The summed E-state index contributed by atoms with van der Waals surface area (Å²) in [6.45, 7) is 9.92. The summed E-state index contributed by atoms with van der Waals surface area (Å²) in [6, 6.07) is 0. The molecule has 0 N–H and O–H groups in total. The average molecular weight is 373 g/mol. The molecule has 2 saturated heterocycles. The topological polar surface area (TPSA) is 58.4 Å². The van der Waals surface area contributed by atoms with Crippen molar-refractivity contribution >= 4 is 11.8 Å². The molecule has 2 aliphatic heterocycles. The number of likely N-dealkylation sites (tertiary alicyclic amines) is 2. The Morgan fingerprint density at radius 2 is 1.96 bits per heavy atom. The van der Waals surface area contributed by atoms with Crippen molar-refractivity contribution in [2.75, 3.05) is 26.2 Å². The second-order valence-corrected chi connectivity index (χ2v) is 8.91. The van der Waals surface area contributed by atoms with Crippen molar-refractivity contribution in [2.24, 2.45) is 11.3 Å². The zero-order chi connectivity index (χ0) is 19.2. The monoisotopic (exact) mass is 372 g/mol. The molecule has 27 heavy (non-hydrogen) atoms. The van der Waals surface area contributed by atoms with Gasteiger partial charge in [0.25, 0.3) is 0 Å². The van der Waals surface area contributed by atoms with Crippen molar-refractivity contribution in [3.8, 4) is 0 Å². The summed E-state index contributed by atoms with van der Waals surface area (Å²) < 4.78 is 1.94. The summed E-state index contributed by atoms with van der Waals surface area (Å²) in [5.74, 6) is 1.20. The lowest BCUT2D eigenvalue weighted by atomic mass is 9.78. The Kier molecular flexibility index (Phi) is 4.77. The van der Waals surface area contributed by atoms with Crippen LogP contribution in [-0.4, -0.2) is 57.6 Å². The quantitative estimate of drug-likeness (QED) is 0.798. The highest BCUT2D eigenvalue weighted by Gasteiger charge is 2.49. The molecule has 4 rings (SSSR count). The molecule has 0 aromatic carbocycles. The van der Waals surface area contributed by atoms with Gasteiger partial charge in [0.2, 0.25) is 11.8 Å². The van der Waals surface area contributed by atoms with Crippen LogP contribution in [0.1, 0.15) is 55.5 Å². The Balaban J connectivity index is 1.36. The van der Waals surface area contributed by atoms with E-state index in [0.717, 1.165) is 56.2 Å². The number of hydrogen-bond acceptors (Lipinski definition) is 3. The van der Waals surface area contributed by atoms with Crippen LogP contribution in [0, 0.1) is 32.1 Å². The van der Waals surface area contributed by atoms with Crippen LogP contribution in [0.5, 0.6) is 0 Å². The molecular formula is C21H32N4O2. The number of aromatic nitrogens is 2. The van der Waals surface area contributed by atoms with Gasteiger partial charge < -0.3 is 9.80 Å². The molecule has 6 heteroatoms. The highest BCUT2D eigenvalue weighted by Crippen LogP contribution is 2.41. The van der Waals surface area contributed by atoms with Gasteiger partial charge in [-0.3, -0.25) is 14.3 Å². The predicted molar refractivity (Wildman–Crippen MR) is 103 cm³/mol. The Morgan fingerprint density at radius 1 is 1.19 bits per heavy atom. The Hall–Kier alpha value is -1.85. The van der Waals surface area contributed by atoms with Gasteiger partial charge in [-0.05, 0) is 64.4 Å². The average Bonchev–Trinajstić information content (AvgIpc) is 3.32. The zero-order valence-electron chi connectivity index (χ0n) is 17.0. The van der Waals surface area contributed by atoms with Gasteiger partial charge in [0, 0.05) is 44.8 Å². The van der Waals surface area contributed by atoms with E-state index in [9.17, 15) is 9.59 Å². The van der Waals surface area contributed by atoms with Gasteiger partial charge in [-0.2, -0.15) is 5.10 Å². The Bertz CT molecular complexity index is 752. The van der Waals surface area contributed by atoms with Crippen molar-refractivity contribution in [3.05, 3.63) is 17.0 Å². The fourth-order valence-corrected chi connectivity index (χ4v) is 4.77. The number of amides is 2. The summed E-state index contributed by atoms with van der Waals surface area (Å²) in [5, 5.41) is 4.53. The largest absolute Gasteiger partial charge is 0.342 e. The molecule has 3 aliphatic rings.